The zero-order valence-corrected chi connectivity index (χ0v) is 10.4. The van der Waals surface area contributed by atoms with Crippen LogP contribution in [0.3, 0.4) is 0 Å². The van der Waals surface area contributed by atoms with Gasteiger partial charge in [-0.1, -0.05) is 32.5 Å². The Morgan fingerprint density at radius 3 is 2.57 bits per heavy atom. The third kappa shape index (κ3) is 1.91. The van der Waals surface area contributed by atoms with E-state index in [4.69, 9.17) is 0 Å². The van der Waals surface area contributed by atoms with Crippen molar-refractivity contribution in [2.24, 2.45) is 0 Å². The van der Waals surface area contributed by atoms with E-state index >= 15 is 0 Å². The van der Waals surface area contributed by atoms with Gasteiger partial charge < -0.3 is 5.11 Å². The van der Waals surface area contributed by atoms with E-state index in [1.165, 1.54) is 3.57 Å². The Morgan fingerprint density at radius 1 is 1.07 bits per heavy atom. The molecule has 0 aliphatic carbocycles. The average Bonchev–Trinajstić information content (AvgIpc) is 2.20. The van der Waals surface area contributed by atoms with E-state index in [9.17, 15) is 5.11 Å². The van der Waals surface area contributed by atoms with Crippen molar-refractivity contribution < 1.29 is 5.11 Å². The Hall–Kier alpha value is -0.600. The molecule has 0 saturated heterocycles. The molecule has 14 heavy (non-hydrogen) atoms. The molecular formula is C11H8IOP. The fraction of sp³-hybridized carbons (Fsp3) is 0. The number of hydrogen-bond acceptors (Lipinski definition) is 1. The molecule has 70 valence electrons. The second-order valence-corrected chi connectivity index (χ2v) is 5.02. The summed E-state index contributed by atoms with van der Waals surface area (Å²) in [5.41, 5.74) is 1.12. The quantitative estimate of drug-likeness (QED) is 0.781. The minimum Gasteiger partial charge on any atom is -0.507 e. The molecule has 0 aliphatic rings. The molecule has 0 unspecified atom stereocenters. The van der Waals surface area contributed by atoms with Crippen LogP contribution < -0.4 is 0 Å². The molecule has 3 heteroatoms. The fourth-order valence-electron chi connectivity index (χ4n) is 1.26. The van der Waals surface area contributed by atoms with Crippen molar-refractivity contribution in [3.63, 3.8) is 0 Å². The first-order valence-electron chi connectivity index (χ1n) is 4.18. The van der Waals surface area contributed by atoms with E-state index in [-0.39, 0.29) is 0 Å². The largest absolute Gasteiger partial charge is 0.507 e. The predicted octanol–water partition coefficient (Wildman–Crippen LogP) is 4.24. The maximum absolute atomic E-state index is 9.71. The van der Waals surface area contributed by atoms with Gasteiger partial charge in [0.1, 0.15) is 5.75 Å². The number of halogens is 1. The summed E-state index contributed by atoms with van der Waals surface area (Å²) < 4.78 is 1.17. The molecule has 0 atom stereocenters. The summed E-state index contributed by atoms with van der Waals surface area (Å²) in [6, 6.07) is 11.7. The molecule has 0 spiro atoms. The van der Waals surface area contributed by atoms with E-state index in [0.717, 1.165) is 19.1 Å². The van der Waals surface area contributed by atoms with Crippen LogP contribution in [0, 0.1) is 3.57 Å². The highest BCUT2D eigenvalue weighted by atomic mass is 127. The number of hydrogen-bond donors (Lipinski definition) is 1. The van der Waals surface area contributed by atoms with Crippen molar-refractivity contribution in [1.29, 1.82) is 0 Å². The topological polar surface area (TPSA) is 20.2 Å². The van der Waals surface area contributed by atoms with Crippen molar-refractivity contribution >= 4 is 30.8 Å². The second kappa shape index (κ2) is 4.28. The van der Waals surface area contributed by atoms with Gasteiger partial charge in [0.25, 0.3) is 0 Å². The summed E-state index contributed by atoms with van der Waals surface area (Å²) in [5, 5.41) is 10.7. The van der Waals surface area contributed by atoms with Crippen LogP contribution in [0.4, 0.5) is 0 Å². The van der Waals surface area contributed by atoms with Crippen molar-refractivity contribution in [1.82, 2.24) is 0 Å². The van der Waals surface area contributed by atoms with Gasteiger partial charge in [0.05, 0.1) is 5.30 Å². The molecule has 0 amide bonds. The van der Waals surface area contributed by atoms with Gasteiger partial charge in [-0.15, -0.1) is 0 Å². The number of benzene rings is 1. The minimum atomic E-state index is 0.373. The zero-order valence-electron chi connectivity index (χ0n) is 7.31. The van der Waals surface area contributed by atoms with Gasteiger partial charge in [-0.3, -0.25) is 0 Å². The van der Waals surface area contributed by atoms with E-state index < -0.39 is 0 Å². The van der Waals surface area contributed by atoms with E-state index in [0.29, 0.717) is 5.75 Å². The standard InChI is InChI=1S/C11H8IOP/c12-9-5-2-1-4-8(9)11-10(13)6-3-7-14-11/h1-7,13H. The Labute approximate surface area is 98.0 Å². The van der Waals surface area contributed by atoms with Crippen molar-refractivity contribution in [2.45, 2.75) is 0 Å². The molecule has 1 nitrogen and oxygen atoms in total. The Balaban J connectivity index is 2.61. The monoisotopic (exact) mass is 314 g/mol. The molecule has 0 aliphatic heterocycles. The molecule has 1 heterocycles. The maximum atomic E-state index is 9.71. The zero-order chi connectivity index (χ0) is 9.97. The second-order valence-electron chi connectivity index (χ2n) is 2.85. The lowest BCUT2D eigenvalue weighted by atomic mass is 10.2. The highest BCUT2D eigenvalue weighted by molar-refractivity contribution is 14.1. The first-order chi connectivity index (χ1) is 6.79. The van der Waals surface area contributed by atoms with Crippen LogP contribution in [0.2, 0.25) is 0 Å². The molecule has 1 aromatic carbocycles. The van der Waals surface area contributed by atoms with Gasteiger partial charge in [0, 0.05) is 9.13 Å². The third-order valence-electron chi connectivity index (χ3n) is 1.92. The lowest BCUT2D eigenvalue weighted by Crippen LogP contribution is -1.79. The summed E-state index contributed by atoms with van der Waals surface area (Å²) in [6.45, 7) is 0. The van der Waals surface area contributed by atoms with Gasteiger partial charge in [0.2, 0.25) is 0 Å². The smallest absolute Gasteiger partial charge is 0.128 e. The SMILES string of the molecule is Oc1cccpc1-c1ccccc1I. The minimum absolute atomic E-state index is 0.373. The van der Waals surface area contributed by atoms with Crippen LogP contribution in [-0.4, -0.2) is 5.11 Å². The molecule has 0 saturated carbocycles. The molecule has 1 N–H and O–H groups in total. The van der Waals surface area contributed by atoms with Gasteiger partial charge in [-0.2, -0.15) is 0 Å². The summed E-state index contributed by atoms with van der Waals surface area (Å²) in [7, 11) is 1.06. The lowest BCUT2D eigenvalue weighted by Gasteiger charge is -2.05. The molecule has 0 radical (unpaired) electrons. The molecule has 0 fully saturated rings. The van der Waals surface area contributed by atoms with Crippen LogP contribution in [-0.2, 0) is 0 Å². The highest BCUT2D eigenvalue weighted by Crippen LogP contribution is 2.37. The predicted molar refractivity (Wildman–Crippen MR) is 68.8 cm³/mol. The lowest BCUT2D eigenvalue weighted by molar-refractivity contribution is 0.479. The van der Waals surface area contributed by atoms with Crippen molar-refractivity contribution in [3.8, 4) is 16.6 Å². The third-order valence-corrected chi connectivity index (χ3v) is 3.91. The first-order valence-corrected chi connectivity index (χ1v) is 6.22. The van der Waals surface area contributed by atoms with Gasteiger partial charge in [-0.25, -0.2) is 0 Å². The van der Waals surface area contributed by atoms with E-state index in [1.54, 1.807) is 6.07 Å². The number of aromatic hydroxyl groups is 1. The summed E-state index contributed by atoms with van der Waals surface area (Å²) >= 11 is 2.28. The Kier molecular flexibility index (Phi) is 3.04. The number of rotatable bonds is 1. The molecule has 1 aromatic heterocycles. The van der Waals surface area contributed by atoms with Gasteiger partial charge >= 0.3 is 0 Å². The van der Waals surface area contributed by atoms with Gasteiger partial charge in [-0.05, 0) is 40.5 Å². The Bertz CT molecular complexity index is 413. The maximum Gasteiger partial charge on any atom is 0.128 e. The highest BCUT2D eigenvalue weighted by Gasteiger charge is 2.05. The van der Waals surface area contributed by atoms with Crippen LogP contribution in [0.5, 0.6) is 5.75 Å². The summed E-state index contributed by atoms with van der Waals surface area (Å²) in [4.78, 5) is 0. The average molecular weight is 314 g/mol. The first kappa shape index (κ1) is 9.94. The van der Waals surface area contributed by atoms with Crippen molar-refractivity contribution in [3.05, 3.63) is 45.8 Å². The molecular weight excluding hydrogens is 306 g/mol. The summed E-state index contributed by atoms with van der Waals surface area (Å²) in [6.07, 6.45) is 0. The van der Waals surface area contributed by atoms with Crippen molar-refractivity contribution in [2.75, 3.05) is 0 Å². The van der Waals surface area contributed by atoms with Gasteiger partial charge in [0.15, 0.2) is 0 Å². The molecule has 0 bridgehead atoms. The summed E-state index contributed by atoms with van der Waals surface area (Å²) in [5.74, 6) is 2.40. The molecule has 2 rings (SSSR count). The van der Waals surface area contributed by atoms with Crippen LogP contribution in [0.1, 0.15) is 0 Å². The van der Waals surface area contributed by atoms with Crippen LogP contribution in [0.25, 0.3) is 10.9 Å². The van der Waals surface area contributed by atoms with E-state index in [1.807, 2.05) is 36.1 Å². The van der Waals surface area contributed by atoms with Crippen LogP contribution in [0.15, 0.2) is 42.2 Å². The molecule has 2 aromatic rings. The van der Waals surface area contributed by atoms with E-state index in [2.05, 4.69) is 22.6 Å². The Morgan fingerprint density at radius 2 is 1.86 bits per heavy atom. The fourth-order valence-corrected chi connectivity index (χ4v) is 2.99. The normalized spacial score (nSPS) is 10.6. The van der Waals surface area contributed by atoms with Crippen LogP contribution >= 0.6 is 30.8 Å².